The van der Waals surface area contributed by atoms with Gasteiger partial charge in [0, 0.05) is 25.5 Å². The molecule has 0 spiro atoms. The van der Waals surface area contributed by atoms with E-state index in [0.29, 0.717) is 24.4 Å². The molecule has 3 saturated heterocycles. The Labute approximate surface area is 215 Å². The predicted octanol–water partition coefficient (Wildman–Crippen LogP) is 1.52. The minimum atomic E-state index is -4.85. The molecule has 3 fully saturated rings. The van der Waals surface area contributed by atoms with Crippen molar-refractivity contribution >= 4 is 28.4 Å². The summed E-state index contributed by atoms with van der Waals surface area (Å²) in [6.07, 6.45) is 5.13. The number of carbonyl (C=O) groups excluding carboxylic acids is 3. The van der Waals surface area contributed by atoms with Gasteiger partial charge in [0.05, 0.1) is 18.7 Å². The quantitative estimate of drug-likeness (QED) is 0.396. The van der Waals surface area contributed by atoms with Crippen molar-refractivity contribution in [2.45, 2.75) is 70.2 Å². The molecule has 15 heteroatoms. The molecule has 0 saturated carbocycles. The first-order valence-electron chi connectivity index (χ1n) is 11.9. The molecule has 0 aliphatic carbocycles. The van der Waals surface area contributed by atoms with Gasteiger partial charge < -0.3 is 14.5 Å². The second-order valence-corrected chi connectivity index (χ2v) is 10.8. The lowest BCUT2D eigenvalue weighted by molar-refractivity contribution is -0.140. The molecule has 2 bridgehead atoms. The lowest BCUT2D eigenvalue weighted by Crippen LogP contribution is -2.50. The van der Waals surface area contributed by atoms with E-state index in [2.05, 4.69) is 14.7 Å². The molecule has 1 aromatic heterocycles. The number of likely N-dealkylation sites (tertiary alicyclic amines) is 1. The summed E-state index contributed by atoms with van der Waals surface area (Å²) in [6, 6.07) is 3.18. The lowest BCUT2D eigenvalue weighted by Gasteiger charge is -2.30. The maximum Gasteiger partial charge on any atom is 0.418 e. The Kier molecular flexibility index (Phi) is 9.28. The third kappa shape index (κ3) is 8.24. The largest absolute Gasteiger partial charge is 0.444 e. The molecule has 37 heavy (non-hydrogen) atoms. The fraction of sp³-hybridized carbons (Fsp3) is 0.636. The normalized spacial score (nSPS) is 23.4. The Morgan fingerprint density at radius 3 is 2.43 bits per heavy atom. The number of nitrogens with zero attached hydrogens (tertiary/aromatic N) is 4. The number of fused-ring (bicyclic) bond motifs is 2. The van der Waals surface area contributed by atoms with Crippen LogP contribution in [0.15, 0.2) is 30.6 Å². The molecule has 3 aliphatic heterocycles. The summed E-state index contributed by atoms with van der Waals surface area (Å²) < 4.78 is 40.4. The van der Waals surface area contributed by atoms with Gasteiger partial charge in [-0.3, -0.25) is 19.2 Å². The highest BCUT2D eigenvalue weighted by Gasteiger charge is 2.49. The summed E-state index contributed by atoms with van der Waals surface area (Å²) in [7, 11) is -4.85. The Balaban J connectivity index is 0.000000555. The number of hydroxylamine groups is 3. The second-order valence-electron chi connectivity index (χ2n) is 9.78. The van der Waals surface area contributed by atoms with Gasteiger partial charge in [-0.05, 0) is 58.6 Å². The van der Waals surface area contributed by atoms with Crippen LogP contribution in [0.2, 0.25) is 0 Å². The average molecular weight is 544 g/mol. The van der Waals surface area contributed by atoms with Gasteiger partial charge in [0.25, 0.3) is 5.91 Å². The van der Waals surface area contributed by atoms with Crippen LogP contribution in [0, 0.1) is 0 Å². The van der Waals surface area contributed by atoms with E-state index in [0.717, 1.165) is 6.42 Å². The van der Waals surface area contributed by atoms with Gasteiger partial charge in [-0.1, -0.05) is 6.07 Å². The lowest BCUT2D eigenvalue weighted by atomic mass is 10.0. The molecule has 0 unspecified atom stereocenters. The topological polar surface area (TPSA) is 168 Å². The first-order chi connectivity index (χ1) is 17.4. The first kappa shape index (κ1) is 28.6. The van der Waals surface area contributed by atoms with E-state index in [9.17, 15) is 22.8 Å². The van der Waals surface area contributed by atoms with Crippen LogP contribution in [0.3, 0.4) is 0 Å². The summed E-state index contributed by atoms with van der Waals surface area (Å²) in [5.41, 5.74) is 1.70. The molecule has 4 amide bonds. The van der Waals surface area contributed by atoms with E-state index < -0.39 is 46.1 Å². The van der Waals surface area contributed by atoms with Crippen LogP contribution < -0.4 is 5.48 Å². The van der Waals surface area contributed by atoms with E-state index >= 15 is 0 Å². The van der Waals surface area contributed by atoms with Crippen molar-refractivity contribution in [2.75, 3.05) is 19.7 Å². The molecular weight excluding hydrogens is 510 g/mol. The summed E-state index contributed by atoms with van der Waals surface area (Å²) in [6.45, 7) is 6.02. The van der Waals surface area contributed by atoms with Crippen LogP contribution in [0.4, 0.5) is 9.59 Å². The summed E-state index contributed by atoms with van der Waals surface area (Å²) >= 11 is 0. The van der Waals surface area contributed by atoms with E-state index in [-0.39, 0.29) is 25.6 Å². The van der Waals surface area contributed by atoms with E-state index in [4.69, 9.17) is 14.1 Å². The van der Waals surface area contributed by atoms with Crippen molar-refractivity contribution in [1.29, 1.82) is 0 Å². The Morgan fingerprint density at radius 2 is 1.86 bits per heavy atom. The van der Waals surface area contributed by atoms with Crippen molar-refractivity contribution in [3.8, 4) is 0 Å². The van der Waals surface area contributed by atoms with E-state index in [1.54, 1.807) is 38.1 Å². The Hall–Kier alpha value is -3.01. The Bertz CT molecular complexity index is 1020. The summed E-state index contributed by atoms with van der Waals surface area (Å²) in [5.74, 6) is -0.567. The van der Waals surface area contributed by atoms with Crippen molar-refractivity contribution in [2.24, 2.45) is 0 Å². The van der Waals surface area contributed by atoms with Gasteiger partial charge in [0.2, 0.25) is 0 Å². The van der Waals surface area contributed by atoms with Crippen LogP contribution in [0.25, 0.3) is 0 Å². The monoisotopic (exact) mass is 543 g/mol. The number of aromatic nitrogens is 1. The zero-order valence-electron chi connectivity index (χ0n) is 21.0. The van der Waals surface area contributed by atoms with Crippen LogP contribution in [0.1, 0.15) is 46.5 Å². The van der Waals surface area contributed by atoms with Crippen molar-refractivity contribution in [3.63, 3.8) is 0 Å². The van der Waals surface area contributed by atoms with Crippen molar-refractivity contribution in [1.82, 2.24) is 25.3 Å². The number of ether oxygens (including phenoxy) is 1. The van der Waals surface area contributed by atoms with E-state index in [1.165, 1.54) is 4.90 Å². The second kappa shape index (κ2) is 12.0. The number of hydrogen-bond donors (Lipinski definition) is 2. The summed E-state index contributed by atoms with van der Waals surface area (Å²) in [4.78, 5) is 49.1. The van der Waals surface area contributed by atoms with Crippen LogP contribution in [0.5, 0.6) is 0 Å². The molecule has 4 rings (SSSR count). The van der Waals surface area contributed by atoms with Gasteiger partial charge in [-0.2, -0.15) is 13.5 Å². The molecule has 14 nitrogen and oxygen atoms in total. The standard InChI is InChI=1S/C17H28N4O9S.C5H5N/c1-17(2,3)29-16(24)19-8-4-5-12(19)10-28-18-14(22)13-7-6-11-9-20(13)15(23)21(11)30-31(25,26)27;1-2-4-6-5-3-1/h11-13H,4-10H2,1-3H3,(H,18,22)(H,25,26,27);1-5H/t11-,12+,13+;/m1./s1. The average Bonchev–Trinajstić information content (AvgIpc) is 3.38. The molecule has 0 radical (unpaired) electrons. The molecule has 2 N–H and O–H groups in total. The highest BCUT2D eigenvalue weighted by molar-refractivity contribution is 7.80. The third-order valence-corrected chi connectivity index (χ3v) is 6.17. The van der Waals surface area contributed by atoms with Crippen LogP contribution in [-0.4, -0.2) is 94.3 Å². The number of nitrogens with one attached hydrogen (secondary N) is 1. The molecule has 0 aromatic carbocycles. The smallest absolute Gasteiger partial charge is 0.418 e. The van der Waals surface area contributed by atoms with Gasteiger partial charge in [0.15, 0.2) is 0 Å². The van der Waals surface area contributed by atoms with Crippen LogP contribution in [-0.2, 0) is 29.1 Å². The first-order valence-corrected chi connectivity index (χ1v) is 13.3. The van der Waals surface area contributed by atoms with Crippen molar-refractivity contribution in [3.05, 3.63) is 30.6 Å². The van der Waals surface area contributed by atoms with Crippen LogP contribution >= 0.6 is 0 Å². The molecule has 3 aliphatic rings. The molecule has 1 aromatic rings. The molecule has 206 valence electrons. The number of rotatable bonds is 6. The number of urea groups is 1. The van der Waals surface area contributed by atoms with E-state index in [1.807, 2.05) is 18.2 Å². The van der Waals surface area contributed by atoms with Gasteiger partial charge in [-0.15, -0.1) is 4.28 Å². The predicted molar refractivity (Wildman–Crippen MR) is 128 cm³/mol. The highest BCUT2D eigenvalue weighted by atomic mass is 32.3. The highest BCUT2D eigenvalue weighted by Crippen LogP contribution is 2.30. The minimum Gasteiger partial charge on any atom is -0.444 e. The number of pyridine rings is 1. The number of piperidine rings is 1. The number of hydrogen-bond acceptors (Lipinski definition) is 9. The van der Waals surface area contributed by atoms with Crippen molar-refractivity contribution < 1.29 is 41.2 Å². The van der Waals surface area contributed by atoms with Gasteiger partial charge >= 0.3 is 22.5 Å². The third-order valence-electron chi connectivity index (χ3n) is 5.82. The fourth-order valence-electron chi connectivity index (χ4n) is 4.26. The zero-order chi connectivity index (χ0) is 27.2. The number of carbonyl (C=O) groups is 3. The fourth-order valence-corrected chi connectivity index (χ4v) is 4.65. The Morgan fingerprint density at radius 1 is 1.16 bits per heavy atom. The number of amides is 4. The zero-order valence-corrected chi connectivity index (χ0v) is 21.8. The summed E-state index contributed by atoms with van der Waals surface area (Å²) in [5, 5.41) is 0.570. The molecular formula is C22H33N5O9S. The van der Waals surface area contributed by atoms with Gasteiger partial charge in [-0.25, -0.2) is 15.1 Å². The van der Waals surface area contributed by atoms with Gasteiger partial charge in [0.1, 0.15) is 11.6 Å². The SMILES string of the molecule is CC(C)(C)OC(=O)N1CCC[C@H]1CONC(=O)[C@@H]1CC[C@@H]2CN1C(=O)N2OS(=O)(=O)O.c1ccncc1. The minimum absolute atomic E-state index is 0.0618. The molecule has 3 atom stereocenters. The maximum atomic E-state index is 12.5. The maximum absolute atomic E-state index is 12.5. The molecule has 4 heterocycles.